The van der Waals surface area contributed by atoms with E-state index >= 15 is 0 Å². The third-order valence-electron chi connectivity index (χ3n) is 3.60. The van der Waals surface area contributed by atoms with Gasteiger partial charge in [-0.15, -0.1) is 0 Å². The van der Waals surface area contributed by atoms with Crippen LogP contribution < -0.4 is 4.90 Å². The van der Waals surface area contributed by atoms with Crippen molar-refractivity contribution < 1.29 is 9.84 Å². The van der Waals surface area contributed by atoms with E-state index < -0.39 is 6.10 Å². The molecule has 0 saturated carbocycles. The Kier molecular flexibility index (Phi) is 4.61. The molecule has 1 N–H and O–H groups in total. The number of hydrogen-bond donors (Lipinski definition) is 1. The van der Waals surface area contributed by atoms with E-state index in [2.05, 4.69) is 24.1 Å². The highest BCUT2D eigenvalue weighted by molar-refractivity contribution is 5.47. The van der Waals surface area contributed by atoms with Gasteiger partial charge in [-0.3, -0.25) is 0 Å². The van der Waals surface area contributed by atoms with Gasteiger partial charge in [0, 0.05) is 25.9 Å². The van der Waals surface area contributed by atoms with Crippen molar-refractivity contribution in [3.05, 3.63) is 29.8 Å². The van der Waals surface area contributed by atoms with Gasteiger partial charge < -0.3 is 14.7 Å². The topological polar surface area (TPSA) is 32.7 Å². The van der Waals surface area contributed by atoms with Crippen molar-refractivity contribution >= 4 is 5.69 Å². The number of rotatable bonds is 4. The van der Waals surface area contributed by atoms with E-state index in [1.165, 1.54) is 18.5 Å². The number of anilines is 1. The Balaban J connectivity index is 1.93. The molecule has 1 aliphatic heterocycles. The zero-order valence-corrected chi connectivity index (χ0v) is 11.3. The average Bonchev–Trinajstić information content (AvgIpc) is 2.40. The molecular formula is C15H23NO2. The van der Waals surface area contributed by atoms with Gasteiger partial charge in [-0.2, -0.15) is 0 Å². The summed E-state index contributed by atoms with van der Waals surface area (Å²) in [6.45, 7) is 4.63. The number of aliphatic hydroxyl groups is 1. The van der Waals surface area contributed by atoms with Crippen LogP contribution >= 0.6 is 0 Å². The summed E-state index contributed by atoms with van der Waals surface area (Å²) in [6.07, 6.45) is 2.05. The molecule has 0 spiro atoms. The van der Waals surface area contributed by atoms with Gasteiger partial charge in [-0.1, -0.05) is 12.1 Å². The molecule has 2 rings (SSSR count). The molecule has 0 radical (unpaired) electrons. The molecule has 100 valence electrons. The summed E-state index contributed by atoms with van der Waals surface area (Å²) in [6, 6.07) is 8.14. The Morgan fingerprint density at radius 1 is 1.39 bits per heavy atom. The van der Waals surface area contributed by atoms with Gasteiger partial charge in [-0.25, -0.2) is 0 Å². The molecule has 0 bridgehead atoms. The molecule has 3 nitrogen and oxygen atoms in total. The van der Waals surface area contributed by atoms with E-state index in [0.29, 0.717) is 5.92 Å². The van der Waals surface area contributed by atoms with Gasteiger partial charge in [0.2, 0.25) is 0 Å². The number of benzene rings is 1. The highest BCUT2D eigenvalue weighted by Gasteiger charge is 2.16. The van der Waals surface area contributed by atoms with Crippen molar-refractivity contribution in [3.63, 3.8) is 0 Å². The van der Waals surface area contributed by atoms with Crippen LogP contribution in [0.15, 0.2) is 24.3 Å². The molecule has 0 aliphatic carbocycles. The highest BCUT2D eigenvalue weighted by Crippen LogP contribution is 2.21. The van der Waals surface area contributed by atoms with E-state index in [1.54, 1.807) is 6.92 Å². The van der Waals surface area contributed by atoms with E-state index in [-0.39, 0.29) is 0 Å². The Bertz CT molecular complexity index is 355. The zero-order chi connectivity index (χ0) is 13.0. The number of nitrogens with zero attached hydrogens (tertiary/aromatic N) is 1. The first kappa shape index (κ1) is 13.4. The Morgan fingerprint density at radius 3 is 2.67 bits per heavy atom. The van der Waals surface area contributed by atoms with Crippen molar-refractivity contribution in [2.24, 2.45) is 5.92 Å². The molecular weight excluding hydrogens is 226 g/mol. The van der Waals surface area contributed by atoms with Crippen LogP contribution in [-0.4, -0.2) is 31.9 Å². The summed E-state index contributed by atoms with van der Waals surface area (Å²) in [5.74, 6) is 0.639. The van der Waals surface area contributed by atoms with E-state index in [4.69, 9.17) is 4.74 Å². The Morgan fingerprint density at radius 2 is 2.11 bits per heavy atom. The predicted molar refractivity (Wildman–Crippen MR) is 73.9 cm³/mol. The molecule has 0 amide bonds. The molecule has 0 aromatic heterocycles. The lowest BCUT2D eigenvalue weighted by Gasteiger charge is -2.28. The predicted octanol–water partition coefficient (Wildman–Crippen LogP) is 2.60. The first-order valence-corrected chi connectivity index (χ1v) is 6.73. The largest absolute Gasteiger partial charge is 0.389 e. The molecule has 2 atom stereocenters. The summed E-state index contributed by atoms with van der Waals surface area (Å²) >= 11 is 0. The summed E-state index contributed by atoms with van der Waals surface area (Å²) in [5.41, 5.74) is 2.16. The van der Waals surface area contributed by atoms with Gasteiger partial charge >= 0.3 is 0 Å². The van der Waals surface area contributed by atoms with Crippen LogP contribution in [0.2, 0.25) is 0 Å². The normalized spacial score (nSPS) is 21.6. The monoisotopic (exact) mass is 249 g/mol. The van der Waals surface area contributed by atoms with Crippen LogP contribution in [0, 0.1) is 5.92 Å². The zero-order valence-electron chi connectivity index (χ0n) is 11.3. The lowest BCUT2D eigenvalue weighted by Crippen LogP contribution is -2.30. The van der Waals surface area contributed by atoms with Crippen LogP contribution in [0.25, 0.3) is 0 Å². The smallest absolute Gasteiger partial charge is 0.0761 e. The quantitative estimate of drug-likeness (QED) is 0.890. The first-order chi connectivity index (χ1) is 8.66. The fourth-order valence-corrected chi connectivity index (χ4v) is 2.45. The summed E-state index contributed by atoms with van der Waals surface area (Å²) < 4.78 is 5.51. The van der Waals surface area contributed by atoms with Crippen LogP contribution in [-0.2, 0) is 4.74 Å². The third kappa shape index (κ3) is 3.47. The fraction of sp³-hybridized carbons (Fsp3) is 0.600. The van der Waals surface area contributed by atoms with Gasteiger partial charge in [0.15, 0.2) is 0 Å². The molecule has 1 unspecified atom stereocenters. The minimum absolute atomic E-state index is 0.392. The minimum atomic E-state index is -0.392. The van der Waals surface area contributed by atoms with Crippen molar-refractivity contribution in [3.8, 4) is 0 Å². The second-order valence-electron chi connectivity index (χ2n) is 5.23. The highest BCUT2D eigenvalue weighted by atomic mass is 16.5. The van der Waals surface area contributed by atoms with Crippen molar-refractivity contribution in [1.82, 2.24) is 0 Å². The molecule has 1 aromatic carbocycles. The van der Waals surface area contributed by atoms with E-state index in [9.17, 15) is 5.11 Å². The molecule has 1 heterocycles. The maximum Gasteiger partial charge on any atom is 0.0761 e. The van der Waals surface area contributed by atoms with E-state index in [0.717, 1.165) is 25.3 Å². The standard InChI is InChI=1S/C15H23NO2/c1-12(17)14-5-7-15(8-6-14)16(2)10-13-4-3-9-18-11-13/h5-8,12-13,17H,3-4,9-11H2,1-2H3/t12-,13?/m1/s1. The van der Waals surface area contributed by atoms with Gasteiger partial charge in [0.1, 0.15) is 0 Å². The molecule has 18 heavy (non-hydrogen) atoms. The van der Waals surface area contributed by atoms with Crippen LogP contribution in [0.5, 0.6) is 0 Å². The van der Waals surface area contributed by atoms with Crippen LogP contribution in [0.1, 0.15) is 31.4 Å². The van der Waals surface area contributed by atoms with Crippen LogP contribution in [0.3, 0.4) is 0 Å². The van der Waals surface area contributed by atoms with Crippen molar-refractivity contribution in [1.29, 1.82) is 0 Å². The molecule has 3 heteroatoms. The lowest BCUT2D eigenvalue weighted by atomic mass is 10.0. The van der Waals surface area contributed by atoms with Gasteiger partial charge in [0.25, 0.3) is 0 Å². The minimum Gasteiger partial charge on any atom is -0.389 e. The second kappa shape index (κ2) is 6.21. The average molecular weight is 249 g/mol. The van der Waals surface area contributed by atoms with Crippen molar-refractivity contribution in [2.45, 2.75) is 25.9 Å². The Hall–Kier alpha value is -1.06. The lowest BCUT2D eigenvalue weighted by molar-refractivity contribution is 0.0576. The number of aliphatic hydroxyl groups excluding tert-OH is 1. The summed E-state index contributed by atoms with van der Waals surface area (Å²) in [4.78, 5) is 2.27. The summed E-state index contributed by atoms with van der Waals surface area (Å²) in [7, 11) is 2.12. The van der Waals surface area contributed by atoms with Crippen molar-refractivity contribution in [2.75, 3.05) is 31.7 Å². The summed E-state index contributed by atoms with van der Waals surface area (Å²) in [5, 5.41) is 9.48. The second-order valence-corrected chi connectivity index (χ2v) is 5.23. The maximum atomic E-state index is 9.48. The molecule has 1 fully saturated rings. The number of ether oxygens (including phenoxy) is 1. The van der Waals surface area contributed by atoms with Crippen LogP contribution in [0.4, 0.5) is 5.69 Å². The Labute approximate surface area is 109 Å². The van der Waals surface area contributed by atoms with E-state index in [1.807, 2.05) is 12.1 Å². The number of hydrogen-bond acceptors (Lipinski definition) is 3. The maximum absolute atomic E-state index is 9.48. The third-order valence-corrected chi connectivity index (χ3v) is 3.60. The van der Waals surface area contributed by atoms with Gasteiger partial charge in [-0.05, 0) is 43.4 Å². The molecule has 1 aromatic rings. The fourth-order valence-electron chi connectivity index (χ4n) is 2.45. The van der Waals surface area contributed by atoms with Gasteiger partial charge in [0.05, 0.1) is 12.7 Å². The molecule has 1 aliphatic rings. The first-order valence-electron chi connectivity index (χ1n) is 6.73. The molecule has 1 saturated heterocycles. The SMILES string of the molecule is C[C@@H](O)c1ccc(N(C)CC2CCCOC2)cc1.